The van der Waals surface area contributed by atoms with Crippen LogP contribution in [0.3, 0.4) is 0 Å². The lowest BCUT2D eigenvalue weighted by molar-refractivity contribution is 0.863. The van der Waals surface area contributed by atoms with Crippen molar-refractivity contribution < 1.29 is 0 Å². The fraction of sp³-hybridized carbons (Fsp3) is 0.136. The van der Waals surface area contributed by atoms with Crippen LogP contribution in [0.2, 0.25) is 5.02 Å². The van der Waals surface area contributed by atoms with Crippen LogP contribution < -0.4 is 5.32 Å². The van der Waals surface area contributed by atoms with Gasteiger partial charge in [0.25, 0.3) is 0 Å². The highest BCUT2D eigenvalue weighted by Crippen LogP contribution is 2.24. The molecule has 0 fully saturated rings. The first-order valence-corrected chi connectivity index (χ1v) is 9.52. The van der Waals surface area contributed by atoms with E-state index in [-0.39, 0.29) is 0 Å². The van der Waals surface area contributed by atoms with Crippen molar-refractivity contribution in [2.24, 2.45) is 0 Å². The summed E-state index contributed by atoms with van der Waals surface area (Å²) in [6, 6.07) is 17.8. The molecule has 140 valence electrons. The SMILES string of the molecule is CCc1ccc(Nc2nccc(-c3cn(-c4ccc(Cl)cc4)nc3C)n2)cc1. The molecule has 0 radical (unpaired) electrons. The summed E-state index contributed by atoms with van der Waals surface area (Å²) < 4.78 is 1.83. The highest BCUT2D eigenvalue weighted by atomic mass is 35.5. The number of benzene rings is 2. The second-order valence-electron chi connectivity index (χ2n) is 6.49. The Labute approximate surface area is 169 Å². The predicted molar refractivity (Wildman–Crippen MR) is 113 cm³/mol. The van der Waals surface area contributed by atoms with Gasteiger partial charge in [0.1, 0.15) is 0 Å². The van der Waals surface area contributed by atoms with Gasteiger partial charge >= 0.3 is 0 Å². The summed E-state index contributed by atoms with van der Waals surface area (Å²) in [5.74, 6) is 0.556. The molecule has 0 aliphatic rings. The minimum Gasteiger partial charge on any atom is -0.324 e. The maximum Gasteiger partial charge on any atom is 0.227 e. The van der Waals surface area contributed by atoms with E-state index in [1.165, 1.54) is 5.56 Å². The van der Waals surface area contributed by atoms with Gasteiger partial charge in [-0.05, 0) is 61.4 Å². The number of rotatable bonds is 5. The summed E-state index contributed by atoms with van der Waals surface area (Å²) in [4.78, 5) is 9.01. The molecular weight excluding hydrogens is 370 g/mol. The third-order valence-electron chi connectivity index (χ3n) is 4.54. The Kier molecular flexibility index (Phi) is 5.08. The number of anilines is 2. The van der Waals surface area contributed by atoms with Crippen molar-refractivity contribution in [1.82, 2.24) is 19.7 Å². The quantitative estimate of drug-likeness (QED) is 0.483. The molecule has 0 spiro atoms. The zero-order valence-electron chi connectivity index (χ0n) is 15.7. The third-order valence-corrected chi connectivity index (χ3v) is 4.79. The molecule has 4 aromatic rings. The van der Waals surface area contributed by atoms with Gasteiger partial charge in [-0.2, -0.15) is 5.10 Å². The van der Waals surface area contributed by atoms with Gasteiger partial charge in [-0.25, -0.2) is 14.6 Å². The van der Waals surface area contributed by atoms with E-state index in [1.807, 2.05) is 60.3 Å². The van der Waals surface area contributed by atoms with Crippen LogP contribution in [-0.2, 0) is 6.42 Å². The van der Waals surface area contributed by atoms with Crippen LogP contribution in [-0.4, -0.2) is 19.7 Å². The maximum absolute atomic E-state index is 5.98. The number of aryl methyl sites for hydroxylation is 2. The Hall–Kier alpha value is -3.18. The van der Waals surface area contributed by atoms with Crippen LogP contribution in [0.1, 0.15) is 18.2 Å². The standard InChI is InChI=1S/C22H20ClN5/c1-3-16-4-8-18(9-5-16)25-22-24-13-12-21(26-22)20-14-28(27-15(20)2)19-10-6-17(23)7-11-19/h4-14H,3H2,1-2H3,(H,24,25,26). The van der Waals surface area contributed by atoms with Crippen molar-refractivity contribution in [2.75, 3.05) is 5.32 Å². The monoisotopic (exact) mass is 389 g/mol. The van der Waals surface area contributed by atoms with Gasteiger partial charge in [0.15, 0.2) is 0 Å². The minimum atomic E-state index is 0.556. The van der Waals surface area contributed by atoms with E-state index in [1.54, 1.807) is 6.20 Å². The largest absolute Gasteiger partial charge is 0.324 e. The van der Waals surface area contributed by atoms with Crippen LogP contribution in [0.5, 0.6) is 0 Å². The summed E-state index contributed by atoms with van der Waals surface area (Å²) >= 11 is 5.98. The lowest BCUT2D eigenvalue weighted by Gasteiger charge is -2.07. The Morgan fingerprint density at radius 1 is 1.00 bits per heavy atom. The molecule has 2 heterocycles. The zero-order valence-corrected chi connectivity index (χ0v) is 16.5. The van der Waals surface area contributed by atoms with Crippen LogP contribution in [0.25, 0.3) is 16.9 Å². The Balaban J connectivity index is 1.61. The molecule has 6 heteroatoms. The Morgan fingerprint density at radius 2 is 1.75 bits per heavy atom. The van der Waals surface area contributed by atoms with E-state index in [2.05, 4.69) is 39.4 Å². The first-order valence-electron chi connectivity index (χ1n) is 9.14. The molecule has 0 amide bonds. The summed E-state index contributed by atoms with van der Waals surface area (Å²) in [5.41, 5.74) is 5.88. The summed E-state index contributed by atoms with van der Waals surface area (Å²) in [6.45, 7) is 4.11. The summed E-state index contributed by atoms with van der Waals surface area (Å²) in [6.07, 6.45) is 4.74. The van der Waals surface area contributed by atoms with Crippen molar-refractivity contribution in [2.45, 2.75) is 20.3 Å². The first-order chi connectivity index (χ1) is 13.6. The summed E-state index contributed by atoms with van der Waals surface area (Å²) in [7, 11) is 0. The molecule has 0 atom stereocenters. The van der Waals surface area contributed by atoms with Gasteiger partial charge in [0, 0.05) is 28.7 Å². The Bertz CT molecular complexity index is 1080. The van der Waals surface area contributed by atoms with E-state index >= 15 is 0 Å². The molecule has 0 bridgehead atoms. The minimum absolute atomic E-state index is 0.556. The predicted octanol–water partition coefficient (Wildman–Crippen LogP) is 5.60. The van der Waals surface area contributed by atoms with E-state index in [0.29, 0.717) is 11.0 Å². The first kappa shape index (κ1) is 18.2. The molecule has 0 unspecified atom stereocenters. The molecule has 0 aliphatic heterocycles. The number of aromatic nitrogens is 4. The lowest BCUT2D eigenvalue weighted by Crippen LogP contribution is -1.98. The van der Waals surface area contributed by atoms with E-state index in [4.69, 9.17) is 11.6 Å². The molecule has 0 aliphatic carbocycles. The smallest absolute Gasteiger partial charge is 0.227 e. The van der Waals surface area contributed by atoms with Crippen LogP contribution in [0.4, 0.5) is 11.6 Å². The third kappa shape index (κ3) is 3.89. The van der Waals surface area contributed by atoms with Crippen molar-refractivity contribution in [3.05, 3.63) is 83.3 Å². The normalized spacial score (nSPS) is 10.8. The molecular formula is C22H20ClN5. The van der Waals surface area contributed by atoms with E-state index < -0.39 is 0 Å². The second-order valence-corrected chi connectivity index (χ2v) is 6.93. The number of nitrogens with one attached hydrogen (secondary N) is 1. The molecule has 4 rings (SSSR count). The van der Waals surface area contributed by atoms with Gasteiger partial charge in [-0.3, -0.25) is 0 Å². The zero-order chi connectivity index (χ0) is 19.5. The summed E-state index contributed by atoms with van der Waals surface area (Å²) in [5, 5.41) is 8.58. The highest BCUT2D eigenvalue weighted by molar-refractivity contribution is 6.30. The number of halogens is 1. The van der Waals surface area contributed by atoms with Crippen LogP contribution in [0, 0.1) is 6.92 Å². The molecule has 0 saturated heterocycles. The maximum atomic E-state index is 5.98. The van der Waals surface area contributed by atoms with Crippen molar-refractivity contribution in [1.29, 1.82) is 0 Å². The lowest BCUT2D eigenvalue weighted by atomic mass is 10.1. The highest BCUT2D eigenvalue weighted by Gasteiger charge is 2.11. The second kappa shape index (κ2) is 7.82. The van der Waals surface area contributed by atoms with Crippen molar-refractivity contribution in [3.8, 4) is 16.9 Å². The van der Waals surface area contributed by atoms with Crippen molar-refractivity contribution in [3.63, 3.8) is 0 Å². The van der Waals surface area contributed by atoms with Crippen molar-refractivity contribution >= 4 is 23.2 Å². The fourth-order valence-corrected chi connectivity index (χ4v) is 3.09. The topological polar surface area (TPSA) is 55.6 Å². The molecule has 2 aromatic carbocycles. The molecule has 0 saturated carbocycles. The molecule has 5 nitrogen and oxygen atoms in total. The van der Waals surface area contributed by atoms with Gasteiger partial charge in [0.2, 0.25) is 5.95 Å². The Morgan fingerprint density at radius 3 is 2.46 bits per heavy atom. The average Bonchev–Trinajstić information content (AvgIpc) is 3.11. The number of hydrogen-bond donors (Lipinski definition) is 1. The number of nitrogens with zero attached hydrogens (tertiary/aromatic N) is 4. The van der Waals surface area contributed by atoms with Gasteiger partial charge in [-0.15, -0.1) is 0 Å². The molecule has 2 aromatic heterocycles. The molecule has 1 N–H and O–H groups in total. The van der Waals surface area contributed by atoms with Gasteiger partial charge in [0.05, 0.1) is 17.1 Å². The average molecular weight is 390 g/mol. The van der Waals surface area contributed by atoms with Crippen LogP contribution in [0.15, 0.2) is 67.0 Å². The van der Waals surface area contributed by atoms with Gasteiger partial charge in [-0.1, -0.05) is 30.7 Å². The fourth-order valence-electron chi connectivity index (χ4n) is 2.96. The van der Waals surface area contributed by atoms with E-state index in [0.717, 1.165) is 34.7 Å². The van der Waals surface area contributed by atoms with Gasteiger partial charge < -0.3 is 5.32 Å². The number of hydrogen-bond acceptors (Lipinski definition) is 4. The molecule has 28 heavy (non-hydrogen) atoms. The van der Waals surface area contributed by atoms with Crippen LogP contribution >= 0.6 is 11.6 Å². The van der Waals surface area contributed by atoms with E-state index in [9.17, 15) is 0 Å².